The Morgan fingerprint density at radius 2 is 1.84 bits per heavy atom. The second-order valence-electron chi connectivity index (χ2n) is 3.65. The van der Waals surface area contributed by atoms with Gasteiger partial charge in [0.15, 0.2) is 0 Å². The van der Waals surface area contributed by atoms with Gasteiger partial charge in [-0.1, -0.05) is 11.3 Å². The first-order valence-electron chi connectivity index (χ1n) is 5.32. The minimum absolute atomic E-state index is 0.290. The van der Waals surface area contributed by atoms with E-state index in [1.54, 1.807) is 31.2 Å². The number of benzene rings is 1. The van der Waals surface area contributed by atoms with Crippen molar-refractivity contribution in [1.29, 1.82) is 0 Å². The monoisotopic (exact) mass is 277 g/mol. The highest BCUT2D eigenvalue weighted by atomic mass is 32.1. The molecule has 2 aromatic rings. The molecule has 3 amide bonds. The Morgan fingerprint density at radius 1 is 1.16 bits per heavy atom. The zero-order valence-electron chi connectivity index (χ0n) is 10.0. The maximum absolute atomic E-state index is 11.9. The fraction of sp³-hybridized carbons (Fsp3) is 0.0909. The van der Waals surface area contributed by atoms with Crippen LogP contribution in [0, 0.1) is 6.92 Å². The van der Waals surface area contributed by atoms with Gasteiger partial charge in [0, 0.05) is 11.3 Å². The smallest absolute Gasteiger partial charge is 0.316 e. The van der Waals surface area contributed by atoms with Crippen LogP contribution in [0.5, 0.6) is 0 Å². The number of nitrogens with two attached hydrogens (primary N) is 1. The predicted octanol–water partition coefficient (Wildman–Crippen LogP) is 1.59. The van der Waals surface area contributed by atoms with Crippen LogP contribution in [-0.4, -0.2) is 22.1 Å². The molecule has 7 nitrogen and oxygen atoms in total. The van der Waals surface area contributed by atoms with Crippen LogP contribution in [0.15, 0.2) is 24.3 Å². The highest BCUT2D eigenvalue weighted by molar-refractivity contribution is 7.15. The molecule has 0 aliphatic rings. The zero-order chi connectivity index (χ0) is 13.8. The molecule has 0 aliphatic carbocycles. The summed E-state index contributed by atoms with van der Waals surface area (Å²) in [5.74, 6) is -0.290. The maximum Gasteiger partial charge on any atom is 0.316 e. The Hall–Kier alpha value is -2.48. The van der Waals surface area contributed by atoms with E-state index in [-0.39, 0.29) is 5.91 Å². The van der Waals surface area contributed by atoms with E-state index in [0.717, 1.165) is 5.01 Å². The first-order valence-corrected chi connectivity index (χ1v) is 6.14. The highest BCUT2D eigenvalue weighted by Gasteiger charge is 2.09. The van der Waals surface area contributed by atoms with Gasteiger partial charge in [-0.05, 0) is 31.2 Å². The minimum atomic E-state index is -0.651. The van der Waals surface area contributed by atoms with Gasteiger partial charge in [0.25, 0.3) is 5.91 Å². The van der Waals surface area contributed by atoms with Crippen molar-refractivity contribution in [1.82, 2.24) is 10.2 Å². The van der Waals surface area contributed by atoms with Gasteiger partial charge in [-0.15, -0.1) is 10.2 Å². The first-order chi connectivity index (χ1) is 9.04. The molecule has 8 heteroatoms. The lowest BCUT2D eigenvalue weighted by molar-refractivity contribution is 0.102. The van der Waals surface area contributed by atoms with Crippen LogP contribution in [-0.2, 0) is 0 Å². The molecule has 0 bridgehead atoms. The summed E-state index contributed by atoms with van der Waals surface area (Å²) in [7, 11) is 0. The molecule has 4 N–H and O–H groups in total. The molecule has 0 radical (unpaired) electrons. The topological polar surface area (TPSA) is 110 Å². The molecule has 0 saturated heterocycles. The highest BCUT2D eigenvalue weighted by Crippen LogP contribution is 2.16. The Balaban J connectivity index is 2.05. The van der Waals surface area contributed by atoms with E-state index < -0.39 is 6.03 Å². The average Bonchev–Trinajstić information content (AvgIpc) is 2.75. The van der Waals surface area contributed by atoms with Crippen LogP contribution in [0.2, 0.25) is 0 Å². The zero-order valence-corrected chi connectivity index (χ0v) is 10.8. The molecule has 0 unspecified atom stereocenters. The van der Waals surface area contributed by atoms with Crippen molar-refractivity contribution in [2.24, 2.45) is 5.73 Å². The molecule has 0 fully saturated rings. The molecule has 1 aromatic heterocycles. The van der Waals surface area contributed by atoms with Crippen molar-refractivity contribution in [2.75, 3.05) is 10.6 Å². The number of amides is 3. The number of hydrogen-bond donors (Lipinski definition) is 3. The number of primary amides is 1. The third-order valence-electron chi connectivity index (χ3n) is 2.16. The lowest BCUT2D eigenvalue weighted by Gasteiger charge is -2.04. The van der Waals surface area contributed by atoms with Crippen molar-refractivity contribution < 1.29 is 9.59 Å². The van der Waals surface area contributed by atoms with Crippen LogP contribution < -0.4 is 16.4 Å². The van der Waals surface area contributed by atoms with Crippen molar-refractivity contribution >= 4 is 34.1 Å². The van der Waals surface area contributed by atoms with Gasteiger partial charge in [-0.2, -0.15) is 0 Å². The van der Waals surface area contributed by atoms with E-state index in [1.807, 2.05) is 0 Å². The summed E-state index contributed by atoms with van der Waals surface area (Å²) in [6, 6.07) is 5.68. The summed E-state index contributed by atoms with van der Waals surface area (Å²) in [6.45, 7) is 1.80. The van der Waals surface area contributed by atoms with Crippen LogP contribution in [0.25, 0.3) is 0 Å². The molecular weight excluding hydrogens is 266 g/mol. The molecule has 0 atom stereocenters. The number of anilines is 2. The van der Waals surface area contributed by atoms with Crippen molar-refractivity contribution in [3.05, 3.63) is 34.8 Å². The van der Waals surface area contributed by atoms with Gasteiger partial charge in [-0.25, -0.2) is 4.79 Å². The third kappa shape index (κ3) is 3.49. The number of aromatic nitrogens is 2. The van der Waals surface area contributed by atoms with E-state index in [4.69, 9.17) is 5.73 Å². The molecule has 98 valence electrons. The number of hydrogen-bond acceptors (Lipinski definition) is 5. The van der Waals surface area contributed by atoms with Gasteiger partial charge >= 0.3 is 6.03 Å². The fourth-order valence-corrected chi connectivity index (χ4v) is 1.95. The Labute approximate surface area is 112 Å². The first kappa shape index (κ1) is 13.0. The Morgan fingerprint density at radius 3 is 2.37 bits per heavy atom. The maximum atomic E-state index is 11.9. The molecule has 1 heterocycles. The van der Waals surface area contributed by atoms with E-state index in [1.165, 1.54) is 11.3 Å². The number of carbonyl (C=O) groups is 2. The molecule has 1 aromatic carbocycles. The molecule has 0 aliphatic heterocycles. The summed E-state index contributed by atoms with van der Waals surface area (Å²) in [5, 5.41) is 13.9. The third-order valence-corrected chi connectivity index (χ3v) is 2.92. The van der Waals surface area contributed by atoms with Gasteiger partial charge in [0.1, 0.15) is 5.01 Å². The van der Waals surface area contributed by atoms with Crippen LogP contribution in [0.3, 0.4) is 0 Å². The molecule has 0 spiro atoms. The van der Waals surface area contributed by atoms with Crippen molar-refractivity contribution in [2.45, 2.75) is 6.92 Å². The molecule has 0 saturated carbocycles. The number of carbonyl (C=O) groups excluding carboxylic acids is 2. The van der Waals surface area contributed by atoms with Crippen LogP contribution >= 0.6 is 11.3 Å². The lowest BCUT2D eigenvalue weighted by atomic mass is 10.2. The van der Waals surface area contributed by atoms with E-state index >= 15 is 0 Å². The number of nitrogens with zero attached hydrogens (tertiary/aromatic N) is 2. The number of aryl methyl sites for hydroxylation is 1. The number of urea groups is 1. The number of nitrogens with one attached hydrogen (secondary N) is 2. The van der Waals surface area contributed by atoms with E-state index in [2.05, 4.69) is 20.8 Å². The van der Waals surface area contributed by atoms with Gasteiger partial charge in [0.05, 0.1) is 0 Å². The Bertz CT molecular complexity index is 608. The summed E-state index contributed by atoms with van der Waals surface area (Å²) in [6.07, 6.45) is 0. The fourth-order valence-electron chi connectivity index (χ4n) is 1.36. The summed E-state index contributed by atoms with van der Waals surface area (Å²) in [4.78, 5) is 22.5. The summed E-state index contributed by atoms with van der Waals surface area (Å²) in [5.41, 5.74) is 5.95. The van der Waals surface area contributed by atoms with Crippen LogP contribution in [0.4, 0.5) is 15.6 Å². The van der Waals surface area contributed by atoms with Gasteiger partial charge in [-0.3, -0.25) is 10.1 Å². The largest absolute Gasteiger partial charge is 0.351 e. The van der Waals surface area contributed by atoms with Gasteiger partial charge in [0.2, 0.25) is 5.13 Å². The van der Waals surface area contributed by atoms with Crippen LogP contribution in [0.1, 0.15) is 15.4 Å². The summed E-state index contributed by atoms with van der Waals surface area (Å²) < 4.78 is 0. The molecular formula is C11H11N5O2S. The minimum Gasteiger partial charge on any atom is -0.351 e. The second-order valence-corrected chi connectivity index (χ2v) is 4.83. The standard InChI is InChI=1S/C11H11N5O2S/c1-6-15-16-11(19-6)14-9(17)7-2-4-8(5-3-7)13-10(12)18/h2-5H,1H3,(H3,12,13,18)(H,14,16,17). The quantitative estimate of drug-likeness (QED) is 0.791. The van der Waals surface area contributed by atoms with Crippen molar-refractivity contribution in [3.63, 3.8) is 0 Å². The van der Waals surface area contributed by atoms with Gasteiger partial charge < -0.3 is 11.1 Å². The number of rotatable bonds is 3. The van der Waals surface area contributed by atoms with E-state index in [9.17, 15) is 9.59 Å². The Kier molecular flexibility index (Phi) is 3.71. The SMILES string of the molecule is Cc1nnc(NC(=O)c2ccc(NC(N)=O)cc2)s1. The summed E-state index contributed by atoms with van der Waals surface area (Å²) >= 11 is 1.29. The lowest BCUT2D eigenvalue weighted by Crippen LogP contribution is -2.19. The normalized spacial score (nSPS) is 9.95. The molecule has 2 rings (SSSR count). The predicted molar refractivity (Wildman–Crippen MR) is 72.2 cm³/mol. The van der Waals surface area contributed by atoms with E-state index in [0.29, 0.717) is 16.4 Å². The second kappa shape index (κ2) is 5.44. The molecule has 19 heavy (non-hydrogen) atoms. The van der Waals surface area contributed by atoms with Crippen molar-refractivity contribution in [3.8, 4) is 0 Å². The average molecular weight is 277 g/mol.